The lowest BCUT2D eigenvalue weighted by Crippen LogP contribution is -2.48. The van der Waals surface area contributed by atoms with E-state index in [2.05, 4.69) is 9.97 Å². The summed E-state index contributed by atoms with van der Waals surface area (Å²) in [5.74, 6) is -1.04. The molecule has 1 unspecified atom stereocenters. The maximum absolute atomic E-state index is 13.5. The molecule has 2 saturated heterocycles. The Morgan fingerprint density at radius 1 is 1.12 bits per heavy atom. The monoisotopic (exact) mass is 445 g/mol. The van der Waals surface area contributed by atoms with Crippen LogP contribution in [0.1, 0.15) is 24.4 Å². The molecule has 0 N–H and O–H groups in total. The number of anilines is 1. The second-order valence-corrected chi connectivity index (χ2v) is 8.07. The molecule has 2 fully saturated rings. The molecule has 0 bridgehead atoms. The van der Waals surface area contributed by atoms with Crippen molar-refractivity contribution in [1.29, 1.82) is 0 Å². The third-order valence-corrected chi connectivity index (χ3v) is 5.60. The Balaban J connectivity index is 1.35. The van der Waals surface area contributed by atoms with Gasteiger partial charge in [-0.2, -0.15) is 4.98 Å². The van der Waals surface area contributed by atoms with E-state index in [1.54, 1.807) is 17.9 Å². The molecule has 3 amide bonds. The smallest absolute Gasteiger partial charge is 0.325 e. The predicted octanol–water partition coefficient (Wildman–Crippen LogP) is 2.68. The highest BCUT2D eigenvalue weighted by Crippen LogP contribution is 2.23. The Bertz CT molecular complexity index is 1010. The number of ether oxygens (including phenoxy) is 1. The van der Waals surface area contributed by atoms with Gasteiger partial charge in [-0.1, -0.05) is 0 Å². The molecule has 32 heavy (non-hydrogen) atoms. The topological polar surface area (TPSA) is 78.9 Å². The number of hydrogen-bond donors (Lipinski definition) is 0. The average molecular weight is 445 g/mol. The van der Waals surface area contributed by atoms with E-state index >= 15 is 0 Å². The summed E-state index contributed by atoms with van der Waals surface area (Å²) in [6.07, 6.45) is 1.40. The van der Waals surface area contributed by atoms with Gasteiger partial charge >= 0.3 is 6.03 Å². The van der Waals surface area contributed by atoms with E-state index in [-0.39, 0.29) is 24.2 Å². The maximum Gasteiger partial charge on any atom is 0.325 e. The van der Waals surface area contributed by atoms with Crippen LogP contribution < -0.4 is 9.64 Å². The fraction of sp³-hybridized carbons (Fsp3) is 0.455. The Labute approximate surface area is 184 Å². The van der Waals surface area contributed by atoms with Crippen LogP contribution in [0.3, 0.4) is 0 Å². The Morgan fingerprint density at radius 2 is 1.94 bits per heavy atom. The first kappa shape index (κ1) is 21.9. The zero-order valence-corrected chi connectivity index (χ0v) is 18.1. The number of piperidine rings is 1. The van der Waals surface area contributed by atoms with E-state index in [0.717, 1.165) is 30.7 Å². The third-order valence-electron chi connectivity index (χ3n) is 5.60. The molecule has 0 radical (unpaired) electrons. The van der Waals surface area contributed by atoms with E-state index in [0.29, 0.717) is 37.9 Å². The number of aromatic nitrogens is 2. The number of halogens is 2. The van der Waals surface area contributed by atoms with Crippen molar-refractivity contribution in [3.63, 3.8) is 0 Å². The lowest BCUT2D eigenvalue weighted by molar-refractivity contribution is -0.134. The van der Waals surface area contributed by atoms with Crippen LogP contribution >= 0.6 is 0 Å². The number of rotatable bonds is 5. The van der Waals surface area contributed by atoms with Crippen LogP contribution in [-0.4, -0.2) is 70.5 Å². The predicted molar refractivity (Wildman–Crippen MR) is 112 cm³/mol. The van der Waals surface area contributed by atoms with Crippen LogP contribution in [0.5, 0.6) is 5.88 Å². The quantitative estimate of drug-likeness (QED) is 0.707. The second kappa shape index (κ2) is 9.05. The number of urea groups is 1. The molecule has 0 spiro atoms. The number of nitrogens with zero attached hydrogens (tertiary/aromatic N) is 5. The van der Waals surface area contributed by atoms with E-state index < -0.39 is 17.7 Å². The fourth-order valence-corrected chi connectivity index (χ4v) is 4.06. The van der Waals surface area contributed by atoms with Gasteiger partial charge in [0.1, 0.15) is 18.5 Å². The molecule has 2 aliphatic rings. The number of aryl methyl sites for hydroxylation is 2. The molecule has 1 aromatic carbocycles. The molecule has 1 aromatic heterocycles. The summed E-state index contributed by atoms with van der Waals surface area (Å²) in [5, 5.41) is 0. The van der Waals surface area contributed by atoms with Gasteiger partial charge in [0, 0.05) is 43.1 Å². The van der Waals surface area contributed by atoms with Crippen LogP contribution in [0.2, 0.25) is 0 Å². The third kappa shape index (κ3) is 4.79. The van der Waals surface area contributed by atoms with E-state index in [1.165, 1.54) is 15.9 Å². The van der Waals surface area contributed by atoms with Gasteiger partial charge in [-0.15, -0.1) is 0 Å². The Morgan fingerprint density at radius 3 is 2.69 bits per heavy atom. The summed E-state index contributed by atoms with van der Waals surface area (Å²) < 4.78 is 32.7. The zero-order chi connectivity index (χ0) is 22.8. The maximum atomic E-state index is 13.5. The van der Waals surface area contributed by atoms with E-state index in [1.807, 2.05) is 6.92 Å². The first-order chi connectivity index (χ1) is 15.3. The van der Waals surface area contributed by atoms with Crippen LogP contribution in [0.15, 0.2) is 24.3 Å². The summed E-state index contributed by atoms with van der Waals surface area (Å²) >= 11 is 0. The summed E-state index contributed by atoms with van der Waals surface area (Å²) in [6.45, 7) is 5.23. The Kier molecular flexibility index (Phi) is 6.20. The molecule has 2 aromatic rings. The van der Waals surface area contributed by atoms with Crippen molar-refractivity contribution >= 4 is 17.6 Å². The molecule has 4 rings (SSSR count). The number of hydrogen-bond acceptors (Lipinski definition) is 5. The first-order valence-corrected chi connectivity index (χ1v) is 10.6. The van der Waals surface area contributed by atoms with Gasteiger partial charge in [-0.05, 0) is 38.8 Å². The SMILES string of the molecule is Cc1cc(OC2CCCN(C(=O)CN3CCN(c4ccc(F)c(F)c4)C3=O)C2)nc(C)n1. The van der Waals surface area contributed by atoms with E-state index in [9.17, 15) is 18.4 Å². The molecular formula is C22H25F2N5O3. The molecule has 3 heterocycles. The summed E-state index contributed by atoms with van der Waals surface area (Å²) in [7, 11) is 0. The van der Waals surface area contributed by atoms with Crippen molar-refractivity contribution in [2.75, 3.05) is 37.6 Å². The van der Waals surface area contributed by atoms with Crippen LogP contribution in [0.4, 0.5) is 19.3 Å². The molecule has 0 saturated carbocycles. The molecule has 170 valence electrons. The highest BCUT2D eigenvalue weighted by molar-refractivity contribution is 5.96. The molecule has 1 atom stereocenters. The van der Waals surface area contributed by atoms with E-state index in [4.69, 9.17) is 4.74 Å². The minimum Gasteiger partial charge on any atom is -0.472 e. The highest BCUT2D eigenvalue weighted by atomic mass is 19.2. The average Bonchev–Trinajstić information content (AvgIpc) is 3.09. The summed E-state index contributed by atoms with van der Waals surface area (Å²) in [4.78, 5) is 38.6. The number of carbonyl (C=O) groups excluding carboxylic acids is 2. The van der Waals surface area contributed by atoms with Gasteiger partial charge in [0.05, 0.1) is 6.54 Å². The molecule has 2 aliphatic heterocycles. The van der Waals surface area contributed by atoms with Crippen molar-refractivity contribution in [2.45, 2.75) is 32.8 Å². The van der Waals surface area contributed by atoms with Gasteiger partial charge in [-0.25, -0.2) is 18.6 Å². The highest BCUT2D eigenvalue weighted by Gasteiger charge is 2.33. The molecule has 10 heteroatoms. The number of carbonyl (C=O) groups is 2. The number of likely N-dealkylation sites (tertiary alicyclic amines) is 1. The largest absolute Gasteiger partial charge is 0.472 e. The Hall–Kier alpha value is -3.30. The van der Waals surface area contributed by atoms with Crippen molar-refractivity contribution in [2.24, 2.45) is 0 Å². The van der Waals surface area contributed by atoms with Crippen molar-refractivity contribution < 1.29 is 23.1 Å². The molecule has 0 aliphatic carbocycles. The second-order valence-electron chi connectivity index (χ2n) is 8.07. The van der Waals surface area contributed by atoms with Gasteiger partial charge in [0.15, 0.2) is 11.6 Å². The normalized spacial score (nSPS) is 18.9. The molecule has 8 nitrogen and oxygen atoms in total. The van der Waals surface area contributed by atoms with Crippen LogP contribution in [0, 0.1) is 25.5 Å². The van der Waals surface area contributed by atoms with Crippen LogP contribution in [0.25, 0.3) is 0 Å². The van der Waals surface area contributed by atoms with Crippen molar-refractivity contribution in [1.82, 2.24) is 19.8 Å². The van der Waals surface area contributed by atoms with Crippen LogP contribution in [-0.2, 0) is 4.79 Å². The standard InChI is InChI=1S/C22H25F2N5O3/c1-14-10-20(26-15(2)25-14)32-17-4-3-7-27(12-17)21(30)13-28-8-9-29(22(28)31)16-5-6-18(23)19(24)11-16/h5-6,10-11,17H,3-4,7-9,12-13H2,1-2H3. The minimum atomic E-state index is -1.02. The minimum absolute atomic E-state index is 0.0720. The van der Waals surface area contributed by atoms with Crippen molar-refractivity contribution in [3.8, 4) is 5.88 Å². The van der Waals surface area contributed by atoms with Gasteiger partial charge in [0.25, 0.3) is 0 Å². The fourth-order valence-electron chi connectivity index (χ4n) is 4.06. The molecular weight excluding hydrogens is 420 g/mol. The number of benzene rings is 1. The first-order valence-electron chi connectivity index (χ1n) is 10.6. The summed E-state index contributed by atoms with van der Waals surface area (Å²) in [5.41, 5.74) is 1.08. The van der Waals surface area contributed by atoms with Gasteiger partial charge < -0.3 is 14.5 Å². The summed E-state index contributed by atoms with van der Waals surface area (Å²) in [6, 6.07) is 4.69. The van der Waals surface area contributed by atoms with Crippen molar-refractivity contribution in [3.05, 3.63) is 47.4 Å². The zero-order valence-electron chi connectivity index (χ0n) is 18.1. The van der Waals surface area contributed by atoms with Gasteiger partial charge in [-0.3, -0.25) is 9.69 Å². The lowest BCUT2D eigenvalue weighted by Gasteiger charge is -2.33. The van der Waals surface area contributed by atoms with Gasteiger partial charge in [0.2, 0.25) is 11.8 Å². The lowest BCUT2D eigenvalue weighted by atomic mass is 10.1. The number of amides is 3.